The van der Waals surface area contributed by atoms with Gasteiger partial charge >= 0.3 is 5.97 Å². The summed E-state index contributed by atoms with van der Waals surface area (Å²) in [4.78, 5) is 11.7. The Morgan fingerprint density at radius 3 is 2.32 bits per heavy atom. The van der Waals surface area contributed by atoms with Crippen LogP contribution in [0.15, 0.2) is 12.1 Å². The maximum absolute atomic E-state index is 13.6. The molecule has 3 nitrogen and oxygen atoms in total. The maximum Gasteiger partial charge on any atom is 0.338 e. The summed E-state index contributed by atoms with van der Waals surface area (Å²) in [7, 11) is 0. The number of rotatable bonds is 3. The Labute approximate surface area is 111 Å². The van der Waals surface area contributed by atoms with Crippen molar-refractivity contribution in [2.24, 2.45) is 0 Å². The molecule has 1 rings (SSSR count). The van der Waals surface area contributed by atoms with Gasteiger partial charge in [0.1, 0.15) is 22.9 Å². The summed E-state index contributed by atoms with van der Waals surface area (Å²) < 4.78 is 32.3. The van der Waals surface area contributed by atoms with Crippen LogP contribution in [0, 0.1) is 24.0 Å². The monoisotopic (exact) mass is 267 g/mol. The molecule has 0 atom stereocenters. The van der Waals surface area contributed by atoms with Crippen molar-refractivity contribution in [3.05, 3.63) is 29.3 Å². The van der Waals surface area contributed by atoms with Crippen molar-refractivity contribution in [2.45, 2.75) is 26.4 Å². The third kappa shape index (κ3) is 4.25. The molecule has 0 bridgehead atoms. The topological polar surface area (TPSA) is 38.3 Å². The van der Waals surface area contributed by atoms with Crippen molar-refractivity contribution >= 4 is 11.7 Å². The first-order chi connectivity index (χ1) is 8.74. The van der Waals surface area contributed by atoms with E-state index in [4.69, 9.17) is 11.2 Å². The smallest absolute Gasteiger partial charge is 0.338 e. The molecular formula is C14H15F2NO2. The van der Waals surface area contributed by atoms with E-state index in [0.29, 0.717) is 0 Å². The molecule has 0 radical (unpaired) electrons. The summed E-state index contributed by atoms with van der Waals surface area (Å²) in [6.45, 7) is 4.99. The number of anilines is 1. The van der Waals surface area contributed by atoms with Gasteiger partial charge in [-0.05, 0) is 32.9 Å². The van der Waals surface area contributed by atoms with Gasteiger partial charge < -0.3 is 10.1 Å². The Kier molecular flexibility index (Phi) is 4.49. The quantitative estimate of drug-likeness (QED) is 0.676. The van der Waals surface area contributed by atoms with Crippen molar-refractivity contribution in [3.8, 4) is 12.3 Å². The fourth-order valence-corrected chi connectivity index (χ4v) is 1.34. The van der Waals surface area contributed by atoms with Gasteiger partial charge in [0.15, 0.2) is 0 Å². The fraction of sp³-hybridized carbons (Fsp3) is 0.357. The highest BCUT2D eigenvalue weighted by Crippen LogP contribution is 2.22. The van der Waals surface area contributed by atoms with Crippen LogP contribution in [0.1, 0.15) is 31.1 Å². The average molecular weight is 267 g/mol. The Hall–Kier alpha value is -2.09. The normalized spacial score (nSPS) is 10.7. The van der Waals surface area contributed by atoms with Gasteiger partial charge in [0, 0.05) is 0 Å². The molecule has 0 unspecified atom stereocenters. The lowest BCUT2D eigenvalue weighted by Gasteiger charge is -2.19. The second kappa shape index (κ2) is 5.70. The number of benzene rings is 1. The highest BCUT2D eigenvalue weighted by Gasteiger charge is 2.20. The number of nitrogens with one attached hydrogen (secondary N) is 1. The van der Waals surface area contributed by atoms with E-state index in [-0.39, 0.29) is 17.8 Å². The minimum absolute atomic E-state index is 0.0143. The molecule has 0 fully saturated rings. The van der Waals surface area contributed by atoms with Gasteiger partial charge in [0.05, 0.1) is 12.1 Å². The van der Waals surface area contributed by atoms with Crippen molar-refractivity contribution in [3.63, 3.8) is 0 Å². The molecular weight excluding hydrogens is 252 g/mol. The summed E-state index contributed by atoms with van der Waals surface area (Å²) in [6.07, 6.45) is 4.99. The second-order valence-electron chi connectivity index (χ2n) is 4.87. The van der Waals surface area contributed by atoms with Crippen LogP contribution in [0.25, 0.3) is 0 Å². The number of halogens is 2. The highest BCUT2D eigenvalue weighted by atomic mass is 19.1. The van der Waals surface area contributed by atoms with Gasteiger partial charge in [0.25, 0.3) is 0 Å². The largest absolute Gasteiger partial charge is 0.456 e. The Bertz CT molecular complexity index is 504. The van der Waals surface area contributed by atoms with E-state index in [2.05, 4.69) is 11.2 Å². The minimum Gasteiger partial charge on any atom is -0.456 e. The number of ether oxygens (including phenoxy) is 1. The molecule has 0 heterocycles. The lowest BCUT2D eigenvalue weighted by molar-refractivity contribution is 0.00685. The Balaban J connectivity index is 3.01. The molecule has 1 N–H and O–H groups in total. The molecule has 1 aromatic carbocycles. The predicted octanol–water partition coefficient (Wildman–Crippen LogP) is 2.97. The number of terminal acetylenes is 1. The van der Waals surface area contributed by atoms with Gasteiger partial charge in [-0.25, -0.2) is 13.6 Å². The van der Waals surface area contributed by atoms with Gasteiger partial charge in [0.2, 0.25) is 0 Å². The van der Waals surface area contributed by atoms with E-state index in [1.807, 2.05) is 0 Å². The van der Waals surface area contributed by atoms with Crippen LogP contribution in [0.4, 0.5) is 14.5 Å². The van der Waals surface area contributed by atoms with Crippen LogP contribution in [0.5, 0.6) is 0 Å². The number of hydrogen-bond donors (Lipinski definition) is 1. The summed E-state index contributed by atoms with van der Waals surface area (Å²) in [6, 6.07) is 1.83. The number of carbonyl (C=O) groups is 1. The van der Waals surface area contributed by atoms with E-state index in [0.717, 1.165) is 12.1 Å². The molecule has 102 valence electrons. The van der Waals surface area contributed by atoms with Crippen molar-refractivity contribution in [1.29, 1.82) is 0 Å². The highest BCUT2D eigenvalue weighted by molar-refractivity contribution is 5.90. The van der Waals surface area contributed by atoms with Crippen molar-refractivity contribution in [2.75, 3.05) is 11.9 Å². The summed E-state index contributed by atoms with van der Waals surface area (Å²) in [5.74, 6) is -0.366. The second-order valence-corrected chi connectivity index (χ2v) is 4.87. The van der Waals surface area contributed by atoms with Gasteiger partial charge in [-0.3, -0.25) is 0 Å². The molecule has 19 heavy (non-hydrogen) atoms. The Morgan fingerprint density at radius 1 is 1.37 bits per heavy atom. The third-order valence-electron chi connectivity index (χ3n) is 2.04. The molecule has 0 saturated carbocycles. The molecule has 1 aromatic rings. The minimum atomic E-state index is -0.892. The van der Waals surface area contributed by atoms with E-state index in [1.165, 1.54) is 0 Å². The molecule has 0 amide bonds. The molecule has 0 spiro atoms. The van der Waals surface area contributed by atoms with Crippen LogP contribution in [0.2, 0.25) is 0 Å². The van der Waals surface area contributed by atoms with Crippen LogP contribution in [0.3, 0.4) is 0 Å². The SMILES string of the molecule is C#CCNc1c(F)cc(C(=O)OC(C)(C)C)cc1F. The molecule has 0 aliphatic rings. The zero-order valence-corrected chi connectivity index (χ0v) is 11.0. The molecule has 0 aromatic heterocycles. The van der Waals surface area contributed by atoms with Gasteiger partial charge in [-0.15, -0.1) is 6.42 Å². The maximum atomic E-state index is 13.6. The first kappa shape index (κ1) is 15.0. The zero-order chi connectivity index (χ0) is 14.6. The van der Waals surface area contributed by atoms with Crippen molar-refractivity contribution in [1.82, 2.24) is 0 Å². The predicted molar refractivity (Wildman–Crippen MR) is 68.8 cm³/mol. The van der Waals surface area contributed by atoms with E-state index in [9.17, 15) is 13.6 Å². The molecule has 0 aliphatic heterocycles. The average Bonchev–Trinajstić information content (AvgIpc) is 2.25. The lowest BCUT2D eigenvalue weighted by atomic mass is 10.1. The Morgan fingerprint density at radius 2 is 1.89 bits per heavy atom. The van der Waals surface area contributed by atoms with Crippen molar-refractivity contribution < 1.29 is 18.3 Å². The van der Waals surface area contributed by atoms with E-state index >= 15 is 0 Å². The lowest BCUT2D eigenvalue weighted by Crippen LogP contribution is -2.24. The first-order valence-electron chi connectivity index (χ1n) is 5.64. The number of esters is 1. The number of carbonyl (C=O) groups excluding carboxylic acids is 1. The fourth-order valence-electron chi connectivity index (χ4n) is 1.34. The summed E-state index contributed by atoms with van der Waals surface area (Å²) in [5.41, 5.74) is -1.27. The van der Waals surface area contributed by atoms with Gasteiger partial charge in [-0.1, -0.05) is 5.92 Å². The van der Waals surface area contributed by atoms with Crippen LogP contribution < -0.4 is 5.32 Å². The molecule has 0 saturated heterocycles. The zero-order valence-electron chi connectivity index (χ0n) is 11.0. The molecule has 5 heteroatoms. The third-order valence-corrected chi connectivity index (χ3v) is 2.04. The molecule has 0 aliphatic carbocycles. The van der Waals surface area contributed by atoms with Crippen LogP contribution in [-0.4, -0.2) is 18.1 Å². The standard InChI is InChI=1S/C14H15F2NO2/c1-5-6-17-12-10(15)7-9(8-11(12)16)13(18)19-14(2,3)4/h1,7-8,17H,6H2,2-4H3. The van der Waals surface area contributed by atoms with Crippen LogP contribution in [-0.2, 0) is 4.74 Å². The first-order valence-corrected chi connectivity index (χ1v) is 5.64. The van der Waals surface area contributed by atoms with E-state index < -0.39 is 23.2 Å². The summed E-state index contributed by atoms with van der Waals surface area (Å²) in [5, 5.41) is 2.41. The van der Waals surface area contributed by atoms with Crippen LogP contribution >= 0.6 is 0 Å². The summed E-state index contributed by atoms with van der Waals surface area (Å²) >= 11 is 0. The van der Waals surface area contributed by atoms with Gasteiger partial charge in [-0.2, -0.15) is 0 Å². The van der Waals surface area contributed by atoms with E-state index in [1.54, 1.807) is 20.8 Å². The number of hydrogen-bond acceptors (Lipinski definition) is 3.